The molecule has 0 aromatic rings. The Morgan fingerprint density at radius 2 is 1.77 bits per heavy atom. The van der Waals surface area contributed by atoms with E-state index in [1.807, 2.05) is 0 Å². The highest BCUT2D eigenvalue weighted by Gasteiger charge is 2.57. The maximum absolute atomic E-state index is 12.9. The molecule has 0 aliphatic carbocycles. The van der Waals surface area contributed by atoms with Crippen LogP contribution in [0.2, 0.25) is 0 Å². The van der Waals surface area contributed by atoms with E-state index in [0.717, 1.165) is 0 Å². The fraction of sp³-hybridized carbons (Fsp3) is 1.00. The normalized spacial score (nSPS) is 11.7. The highest BCUT2D eigenvalue weighted by molar-refractivity contribution is 4.60. The first-order valence-corrected chi connectivity index (χ1v) is 3.52. The van der Waals surface area contributed by atoms with Gasteiger partial charge in [0, 0.05) is 6.04 Å². The molecular weight excluding hydrogens is 185 g/mol. The summed E-state index contributed by atoms with van der Waals surface area (Å²) in [4.78, 5) is 16.9. The molecule has 0 aromatic carbocycles. The van der Waals surface area contributed by atoms with E-state index in [0.29, 0.717) is 0 Å². The first-order chi connectivity index (χ1) is 5.80. The zero-order chi connectivity index (χ0) is 10.6. The predicted octanol–water partition coefficient (Wildman–Crippen LogP) is 0.161. The maximum Gasteiger partial charge on any atom is 0.626 e. The molecule has 0 aliphatic heterocycles. The van der Waals surface area contributed by atoms with Crippen molar-refractivity contribution < 1.29 is 14.2 Å². The molecule has 13 heavy (non-hydrogen) atoms. The van der Waals surface area contributed by atoms with Crippen LogP contribution in [0.1, 0.15) is 13.8 Å². The minimum Gasteiger partial charge on any atom is -0.299 e. The summed E-state index contributed by atoms with van der Waals surface area (Å²) in [5.41, 5.74) is 0. The van der Waals surface area contributed by atoms with Gasteiger partial charge in [0.15, 0.2) is 6.54 Å². The lowest BCUT2D eigenvalue weighted by atomic mass is 10.3. The summed E-state index contributed by atoms with van der Waals surface area (Å²) in [6.45, 7) is 2.26. The summed E-state index contributed by atoms with van der Waals surface area (Å²) < 4.78 is 12.9. The Labute approximate surface area is 73.2 Å². The van der Waals surface area contributed by atoms with Crippen LogP contribution >= 0.6 is 0 Å². The number of halogens is 1. The van der Waals surface area contributed by atoms with Crippen LogP contribution in [0.3, 0.4) is 0 Å². The summed E-state index contributed by atoms with van der Waals surface area (Å²) in [5.74, 6) is -3.63. The standard InChI is InChI=1S/C5H10FN3O4/c1-4(2)7-3-5(6,8(10)11)9(12)13/h4,7H,3H2,1-2H3. The van der Waals surface area contributed by atoms with Gasteiger partial charge in [-0.2, -0.15) is 0 Å². The Kier molecular flexibility index (Phi) is 3.67. The molecule has 0 radical (unpaired) electrons. The molecule has 0 spiro atoms. The Morgan fingerprint density at radius 3 is 2.00 bits per heavy atom. The third-order valence-electron chi connectivity index (χ3n) is 1.29. The van der Waals surface area contributed by atoms with Gasteiger partial charge in [-0.1, -0.05) is 18.2 Å². The van der Waals surface area contributed by atoms with Crippen molar-refractivity contribution in [3.63, 3.8) is 0 Å². The minimum atomic E-state index is -3.63. The minimum absolute atomic E-state index is 0.255. The molecule has 0 aromatic heterocycles. The molecule has 0 saturated carbocycles. The second-order valence-electron chi connectivity index (χ2n) is 2.77. The lowest BCUT2D eigenvalue weighted by molar-refractivity contribution is -0.828. The van der Waals surface area contributed by atoms with E-state index in [1.54, 1.807) is 13.8 Å². The molecule has 0 saturated heterocycles. The Hall–Kier alpha value is -1.31. The van der Waals surface area contributed by atoms with Gasteiger partial charge in [-0.05, 0) is 0 Å². The van der Waals surface area contributed by atoms with Gasteiger partial charge in [0.05, 0.1) is 0 Å². The van der Waals surface area contributed by atoms with Gasteiger partial charge >= 0.3 is 5.92 Å². The molecular formula is C5H10FN3O4. The Bertz CT molecular complexity index is 206. The van der Waals surface area contributed by atoms with Crippen LogP contribution in [-0.2, 0) is 0 Å². The van der Waals surface area contributed by atoms with Crippen molar-refractivity contribution in [2.24, 2.45) is 0 Å². The van der Waals surface area contributed by atoms with Crippen molar-refractivity contribution in [1.82, 2.24) is 5.32 Å². The third kappa shape index (κ3) is 2.90. The van der Waals surface area contributed by atoms with Crippen LogP contribution in [0.15, 0.2) is 0 Å². The highest BCUT2D eigenvalue weighted by atomic mass is 19.2. The monoisotopic (exact) mass is 195 g/mol. The number of hydrogen-bond acceptors (Lipinski definition) is 5. The summed E-state index contributed by atoms with van der Waals surface area (Å²) >= 11 is 0. The molecule has 76 valence electrons. The fourth-order valence-electron chi connectivity index (χ4n) is 0.530. The number of nitro groups is 2. The summed E-state index contributed by atoms with van der Waals surface area (Å²) in [7, 11) is 0. The molecule has 8 heteroatoms. The van der Waals surface area contributed by atoms with Gasteiger partial charge in [0.1, 0.15) is 9.85 Å². The molecule has 0 atom stereocenters. The number of nitrogens with zero attached hydrogens (tertiary/aromatic N) is 2. The van der Waals surface area contributed by atoms with Crippen LogP contribution < -0.4 is 5.32 Å². The number of alkyl halides is 1. The van der Waals surface area contributed by atoms with Crippen molar-refractivity contribution in [2.75, 3.05) is 6.54 Å². The molecule has 0 heterocycles. The van der Waals surface area contributed by atoms with E-state index in [2.05, 4.69) is 5.32 Å². The van der Waals surface area contributed by atoms with Gasteiger partial charge in [-0.15, -0.1) is 0 Å². The first-order valence-electron chi connectivity index (χ1n) is 3.52. The van der Waals surface area contributed by atoms with Crippen molar-refractivity contribution in [2.45, 2.75) is 25.8 Å². The van der Waals surface area contributed by atoms with Gasteiger partial charge < -0.3 is 0 Å². The second-order valence-corrected chi connectivity index (χ2v) is 2.77. The molecule has 0 unspecified atom stereocenters. The summed E-state index contributed by atoms with van der Waals surface area (Å²) in [6.07, 6.45) is 0. The van der Waals surface area contributed by atoms with Crippen molar-refractivity contribution in [3.05, 3.63) is 20.2 Å². The fourth-order valence-corrected chi connectivity index (χ4v) is 0.530. The van der Waals surface area contributed by atoms with Crippen LogP contribution in [-0.4, -0.2) is 28.3 Å². The first kappa shape index (κ1) is 11.7. The van der Waals surface area contributed by atoms with Crippen LogP contribution in [0.25, 0.3) is 0 Å². The third-order valence-corrected chi connectivity index (χ3v) is 1.29. The van der Waals surface area contributed by atoms with Crippen molar-refractivity contribution in [3.8, 4) is 0 Å². The van der Waals surface area contributed by atoms with E-state index in [4.69, 9.17) is 0 Å². The average Bonchev–Trinajstić information content (AvgIpc) is 1.99. The lowest BCUT2D eigenvalue weighted by Gasteiger charge is -2.10. The van der Waals surface area contributed by atoms with Gasteiger partial charge in [-0.25, -0.2) is 0 Å². The zero-order valence-electron chi connectivity index (χ0n) is 7.19. The van der Waals surface area contributed by atoms with Crippen molar-refractivity contribution in [1.29, 1.82) is 0 Å². The molecule has 0 rings (SSSR count). The number of rotatable bonds is 5. The van der Waals surface area contributed by atoms with E-state index in [9.17, 15) is 24.6 Å². The van der Waals surface area contributed by atoms with Crippen LogP contribution in [0.4, 0.5) is 4.39 Å². The molecule has 0 fully saturated rings. The molecule has 0 amide bonds. The Morgan fingerprint density at radius 1 is 1.38 bits per heavy atom. The van der Waals surface area contributed by atoms with E-state index < -0.39 is 22.3 Å². The highest BCUT2D eigenvalue weighted by Crippen LogP contribution is 2.11. The average molecular weight is 195 g/mol. The van der Waals surface area contributed by atoms with Gasteiger partial charge in [0.2, 0.25) is 0 Å². The number of nitrogens with one attached hydrogen (secondary N) is 1. The van der Waals surface area contributed by atoms with Crippen LogP contribution in [0.5, 0.6) is 0 Å². The molecule has 7 nitrogen and oxygen atoms in total. The topological polar surface area (TPSA) is 98.3 Å². The largest absolute Gasteiger partial charge is 0.626 e. The predicted molar refractivity (Wildman–Crippen MR) is 41.0 cm³/mol. The zero-order valence-corrected chi connectivity index (χ0v) is 7.19. The van der Waals surface area contributed by atoms with Gasteiger partial charge in [-0.3, -0.25) is 25.5 Å². The molecule has 0 aliphatic rings. The van der Waals surface area contributed by atoms with E-state index in [1.165, 1.54) is 0 Å². The Balaban J connectivity index is 4.44. The summed E-state index contributed by atoms with van der Waals surface area (Å²) in [5, 5.41) is 22.3. The summed E-state index contributed by atoms with van der Waals surface area (Å²) in [6, 6.07) is -0.255. The lowest BCUT2D eigenvalue weighted by Crippen LogP contribution is -2.51. The van der Waals surface area contributed by atoms with Gasteiger partial charge in [0.25, 0.3) is 0 Å². The smallest absolute Gasteiger partial charge is 0.299 e. The molecule has 1 N–H and O–H groups in total. The van der Waals surface area contributed by atoms with E-state index >= 15 is 0 Å². The van der Waals surface area contributed by atoms with E-state index in [-0.39, 0.29) is 6.04 Å². The second kappa shape index (κ2) is 4.08. The van der Waals surface area contributed by atoms with Crippen LogP contribution in [0, 0.1) is 20.2 Å². The molecule has 0 bridgehead atoms. The van der Waals surface area contributed by atoms with Crippen molar-refractivity contribution >= 4 is 0 Å². The number of hydrogen-bond donors (Lipinski definition) is 1. The maximum atomic E-state index is 12.9. The SMILES string of the molecule is CC(C)NCC(F)([N+](=O)[O-])[N+](=O)[O-]. The quantitative estimate of drug-likeness (QED) is 0.291.